The van der Waals surface area contributed by atoms with Crippen LogP contribution in [0.3, 0.4) is 0 Å². The van der Waals surface area contributed by atoms with E-state index in [0.717, 1.165) is 4.31 Å². The summed E-state index contributed by atoms with van der Waals surface area (Å²) in [6.07, 6.45) is -0.484. The van der Waals surface area contributed by atoms with Crippen LogP contribution in [-0.2, 0) is 19.6 Å². The van der Waals surface area contributed by atoms with Gasteiger partial charge >= 0.3 is 6.09 Å². The van der Waals surface area contributed by atoms with Gasteiger partial charge in [-0.2, -0.15) is 4.31 Å². The molecule has 0 aliphatic carbocycles. The number of hydrogen-bond acceptors (Lipinski definition) is 6. The van der Waals surface area contributed by atoms with Crippen molar-refractivity contribution in [1.29, 1.82) is 0 Å². The van der Waals surface area contributed by atoms with Gasteiger partial charge in [-0.25, -0.2) is 13.2 Å². The number of cyclic esters (lactones) is 1. The van der Waals surface area contributed by atoms with Crippen molar-refractivity contribution in [2.75, 3.05) is 43.0 Å². The zero-order valence-electron chi connectivity index (χ0n) is 16.4. The van der Waals surface area contributed by atoms with E-state index in [0.29, 0.717) is 17.9 Å². The number of piperazine rings is 1. The molecule has 0 spiro atoms. The summed E-state index contributed by atoms with van der Waals surface area (Å²) in [5, 5.41) is 5.33. The molecule has 162 valence electrons. The van der Waals surface area contributed by atoms with Gasteiger partial charge in [0.15, 0.2) is 0 Å². The lowest BCUT2D eigenvalue weighted by atomic mass is 10.2. The zero-order chi connectivity index (χ0) is 22.0. The Bertz CT molecular complexity index is 1130. The van der Waals surface area contributed by atoms with Crippen LogP contribution in [0.1, 0.15) is 10.4 Å². The molecule has 2 aliphatic heterocycles. The van der Waals surface area contributed by atoms with E-state index in [1.165, 1.54) is 29.2 Å². The number of sulfonamides is 1. The van der Waals surface area contributed by atoms with Gasteiger partial charge < -0.3 is 15.4 Å². The van der Waals surface area contributed by atoms with Crippen molar-refractivity contribution >= 4 is 39.3 Å². The van der Waals surface area contributed by atoms with E-state index in [9.17, 15) is 22.8 Å². The molecule has 0 radical (unpaired) electrons. The third-order valence-corrected chi connectivity index (χ3v) is 6.82. The summed E-state index contributed by atoms with van der Waals surface area (Å²) in [5.74, 6) is -0.812. The van der Waals surface area contributed by atoms with Crippen molar-refractivity contribution in [2.24, 2.45) is 0 Å². The lowest BCUT2D eigenvalue weighted by Crippen LogP contribution is -2.49. The molecule has 31 heavy (non-hydrogen) atoms. The molecule has 4 rings (SSSR count). The normalized spacial score (nSPS) is 17.2. The molecular formula is C20H20N4O6S. The number of carbonyl (C=O) groups is 3. The molecule has 2 heterocycles. The van der Waals surface area contributed by atoms with Crippen molar-refractivity contribution < 1.29 is 27.5 Å². The summed E-state index contributed by atoms with van der Waals surface area (Å²) < 4.78 is 31.5. The minimum absolute atomic E-state index is 0.000961. The van der Waals surface area contributed by atoms with Gasteiger partial charge in [0.2, 0.25) is 15.9 Å². The minimum Gasteiger partial charge on any atom is -0.447 e. The summed E-state index contributed by atoms with van der Waals surface area (Å²) in [5.41, 5.74) is 1.19. The van der Waals surface area contributed by atoms with Crippen LogP contribution < -0.4 is 15.5 Å². The first-order chi connectivity index (χ1) is 14.9. The summed E-state index contributed by atoms with van der Waals surface area (Å²) >= 11 is 0. The van der Waals surface area contributed by atoms with E-state index < -0.39 is 22.0 Å². The number of amides is 3. The van der Waals surface area contributed by atoms with Crippen molar-refractivity contribution in [3.63, 3.8) is 0 Å². The van der Waals surface area contributed by atoms with Crippen molar-refractivity contribution in [2.45, 2.75) is 4.90 Å². The van der Waals surface area contributed by atoms with E-state index in [2.05, 4.69) is 10.6 Å². The Labute approximate surface area is 178 Å². The Morgan fingerprint density at radius 3 is 2.45 bits per heavy atom. The Morgan fingerprint density at radius 1 is 1.03 bits per heavy atom. The smallest absolute Gasteiger partial charge is 0.414 e. The quantitative estimate of drug-likeness (QED) is 0.709. The maximum Gasteiger partial charge on any atom is 0.414 e. The number of hydrogen-bond donors (Lipinski definition) is 2. The number of anilines is 2. The molecule has 0 saturated carbocycles. The number of para-hydroxylation sites is 2. The van der Waals surface area contributed by atoms with Gasteiger partial charge in [0.1, 0.15) is 6.61 Å². The highest BCUT2D eigenvalue weighted by Crippen LogP contribution is 2.28. The summed E-state index contributed by atoms with van der Waals surface area (Å²) in [4.78, 5) is 37.5. The van der Waals surface area contributed by atoms with Gasteiger partial charge in [0, 0.05) is 18.7 Å². The minimum atomic E-state index is -3.84. The molecule has 0 unspecified atom stereocenters. The van der Waals surface area contributed by atoms with E-state index in [1.54, 1.807) is 24.3 Å². The maximum absolute atomic E-state index is 12.7. The number of ether oxygens (including phenoxy) is 1. The Kier molecular flexibility index (Phi) is 5.61. The van der Waals surface area contributed by atoms with Crippen molar-refractivity contribution in [3.05, 3.63) is 54.1 Å². The van der Waals surface area contributed by atoms with Gasteiger partial charge in [0.05, 0.1) is 29.4 Å². The Hall–Kier alpha value is -3.44. The Balaban J connectivity index is 1.51. The van der Waals surface area contributed by atoms with E-state index in [1.807, 2.05) is 0 Å². The van der Waals surface area contributed by atoms with Gasteiger partial charge in [-0.3, -0.25) is 14.5 Å². The highest BCUT2D eigenvalue weighted by Gasteiger charge is 2.29. The topological polar surface area (TPSA) is 125 Å². The summed E-state index contributed by atoms with van der Waals surface area (Å²) in [7, 11) is -3.84. The van der Waals surface area contributed by atoms with Crippen molar-refractivity contribution in [3.8, 4) is 0 Å². The van der Waals surface area contributed by atoms with E-state index >= 15 is 0 Å². The molecule has 2 aromatic rings. The van der Waals surface area contributed by atoms with Gasteiger partial charge in [-0.05, 0) is 36.4 Å². The summed E-state index contributed by atoms with van der Waals surface area (Å²) in [6.45, 7) is 0.858. The highest BCUT2D eigenvalue weighted by atomic mass is 32.2. The summed E-state index contributed by atoms with van der Waals surface area (Å²) in [6, 6.07) is 12.3. The predicted molar refractivity (Wildman–Crippen MR) is 111 cm³/mol. The van der Waals surface area contributed by atoms with Crippen LogP contribution in [0.15, 0.2) is 53.4 Å². The zero-order valence-corrected chi connectivity index (χ0v) is 17.2. The second-order valence-corrected chi connectivity index (χ2v) is 8.89. The molecule has 2 saturated heterocycles. The van der Waals surface area contributed by atoms with Crippen LogP contribution in [-0.4, -0.2) is 63.4 Å². The number of benzene rings is 2. The number of nitrogens with one attached hydrogen (secondary N) is 2. The first-order valence-corrected chi connectivity index (χ1v) is 11.0. The molecule has 0 bridgehead atoms. The van der Waals surface area contributed by atoms with Gasteiger partial charge in [-0.15, -0.1) is 0 Å². The molecule has 2 N–H and O–H groups in total. The fourth-order valence-electron chi connectivity index (χ4n) is 3.37. The molecule has 3 amide bonds. The van der Waals surface area contributed by atoms with Crippen LogP contribution in [0.4, 0.5) is 16.2 Å². The third-order valence-electron chi connectivity index (χ3n) is 4.96. The fraction of sp³-hybridized carbons (Fsp3) is 0.250. The molecule has 2 aromatic carbocycles. The third kappa shape index (κ3) is 4.23. The molecule has 11 heteroatoms. The van der Waals surface area contributed by atoms with Crippen LogP contribution in [0.5, 0.6) is 0 Å². The standard InChI is InChI=1S/C20H20N4O6S/c25-18-13-23(10-9-21-18)31(28,29)15-7-5-14(6-8-15)19(26)22-16-3-1-2-4-17(16)24-11-12-30-20(24)27/h1-8H,9-13H2,(H,21,25)(H,22,26). The second kappa shape index (κ2) is 8.36. The first kappa shape index (κ1) is 20.8. The van der Waals surface area contributed by atoms with E-state index in [-0.39, 0.29) is 42.6 Å². The molecule has 2 aliphatic rings. The van der Waals surface area contributed by atoms with Crippen molar-refractivity contribution in [1.82, 2.24) is 9.62 Å². The maximum atomic E-state index is 12.7. The number of rotatable bonds is 5. The lowest BCUT2D eigenvalue weighted by Gasteiger charge is -2.25. The van der Waals surface area contributed by atoms with Gasteiger partial charge in [0.25, 0.3) is 5.91 Å². The van der Waals surface area contributed by atoms with Crippen LogP contribution in [0, 0.1) is 0 Å². The van der Waals surface area contributed by atoms with Crippen LogP contribution in [0.25, 0.3) is 0 Å². The molecule has 10 nitrogen and oxygen atoms in total. The highest BCUT2D eigenvalue weighted by molar-refractivity contribution is 7.89. The number of nitrogens with zero attached hydrogens (tertiary/aromatic N) is 2. The van der Waals surface area contributed by atoms with Gasteiger partial charge in [-0.1, -0.05) is 12.1 Å². The SMILES string of the molecule is O=C1CN(S(=O)(=O)c2ccc(C(=O)Nc3ccccc3N3CCOC3=O)cc2)CCN1. The largest absolute Gasteiger partial charge is 0.447 e. The lowest BCUT2D eigenvalue weighted by molar-refractivity contribution is -0.122. The second-order valence-electron chi connectivity index (χ2n) is 6.95. The van der Waals surface area contributed by atoms with E-state index in [4.69, 9.17) is 4.74 Å². The number of carbonyl (C=O) groups excluding carboxylic acids is 3. The average Bonchev–Trinajstić information content (AvgIpc) is 3.20. The average molecular weight is 444 g/mol. The molecule has 0 aromatic heterocycles. The van der Waals surface area contributed by atoms with Crippen LogP contribution >= 0.6 is 0 Å². The van der Waals surface area contributed by atoms with Crippen LogP contribution in [0.2, 0.25) is 0 Å². The predicted octanol–water partition coefficient (Wildman–Crippen LogP) is 1.02. The first-order valence-electron chi connectivity index (χ1n) is 9.58. The monoisotopic (exact) mass is 444 g/mol. The molecule has 2 fully saturated rings. The fourth-order valence-corrected chi connectivity index (χ4v) is 4.77. The molecular weight excluding hydrogens is 424 g/mol. The Morgan fingerprint density at radius 2 is 1.77 bits per heavy atom. The molecule has 0 atom stereocenters.